The molecule has 0 aliphatic carbocycles. The van der Waals surface area contributed by atoms with E-state index in [2.05, 4.69) is 43.8 Å². The quantitative estimate of drug-likeness (QED) is 0.738. The van der Waals surface area contributed by atoms with Gasteiger partial charge in [0.05, 0.1) is 5.56 Å². The predicted octanol–water partition coefficient (Wildman–Crippen LogP) is 3.13. The molecule has 104 valence electrons. The summed E-state index contributed by atoms with van der Waals surface area (Å²) in [7, 11) is 1.97. The molecular formula is C14H18BrIN2O. The smallest absolute Gasteiger partial charge is 0.254 e. The van der Waals surface area contributed by atoms with Crippen molar-refractivity contribution in [3.63, 3.8) is 0 Å². The third-order valence-corrected chi connectivity index (χ3v) is 4.89. The van der Waals surface area contributed by atoms with Gasteiger partial charge in [-0.3, -0.25) is 4.79 Å². The fourth-order valence-corrected chi connectivity index (χ4v) is 3.46. The van der Waals surface area contributed by atoms with Gasteiger partial charge in [-0.2, -0.15) is 0 Å². The molecule has 3 nitrogen and oxygen atoms in total. The SMILES string of the molecule is CNCC1CCCN(C(=O)c2cc(Br)ccc2I)C1. The van der Waals surface area contributed by atoms with Crippen molar-refractivity contribution < 1.29 is 4.79 Å². The Morgan fingerprint density at radius 3 is 3.11 bits per heavy atom. The Balaban J connectivity index is 2.12. The predicted molar refractivity (Wildman–Crippen MR) is 89.4 cm³/mol. The third-order valence-electron chi connectivity index (χ3n) is 3.46. The number of likely N-dealkylation sites (tertiary alicyclic amines) is 1. The van der Waals surface area contributed by atoms with E-state index in [0.717, 1.165) is 39.7 Å². The lowest BCUT2D eigenvalue weighted by atomic mass is 9.97. The number of nitrogens with zero attached hydrogens (tertiary/aromatic N) is 1. The second-order valence-electron chi connectivity index (χ2n) is 4.94. The zero-order chi connectivity index (χ0) is 13.8. The number of amides is 1. The lowest BCUT2D eigenvalue weighted by Crippen LogP contribution is -2.42. The summed E-state index contributed by atoms with van der Waals surface area (Å²) >= 11 is 5.67. The largest absolute Gasteiger partial charge is 0.338 e. The van der Waals surface area contributed by atoms with Gasteiger partial charge in [0.1, 0.15) is 0 Å². The zero-order valence-electron chi connectivity index (χ0n) is 11.0. The highest BCUT2D eigenvalue weighted by atomic mass is 127. The van der Waals surface area contributed by atoms with E-state index >= 15 is 0 Å². The van der Waals surface area contributed by atoms with Gasteiger partial charge in [-0.15, -0.1) is 0 Å². The second-order valence-corrected chi connectivity index (χ2v) is 7.02. The lowest BCUT2D eigenvalue weighted by molar-refractivity contribution is 0.0673. The number of halogens is 2. The highest BCUT2D eigenvalue weighted by Gasteiger charge is 2.25. The average molecular weight is 437 g/mol. The van der Waals surface area contributed by atoms with Gasteiger partial charge in [-0.05, 0) is 73.1 Å². The van der Waals surface area contributed by atoms with Crippen LogP contribution in [0.1, 0.15) is 23.2 Å². The minimum atomic E-state index is 0.159. The molecule has 1 heterocycles. The molecule has 1 aliphatic rings. The summed E-state index contributed by atoms with van der Waals surface area (Å²) in [5, 5.41) is 3.21. The number of nitrogens with one attached hydrogen (secondary N) is 1. The first-order valence-corrected chi connectivity index (χ1v) is 8.38. The molecule has 1 aromatic carbocycles. The maximum absolute atomic E-state index is 12.6. The van der Waals surface area contributed by atoms with E-state index in [9.17, 15) is 4.79 Å². The molecule has 0 aromatic heterocycles. The van der Waals surface area contributed by atoms with Gasteiger partial charge >= 0.3 is 0 Å². The molecule has 1 fully saturated rings. The lowest BCUT2D eigenvalue weighted by Gasteiger charge is -2.33. The Morgan fingerprint density at radius 2 is 2.37 bits per heavy atom. The van der Waals surface area contributed by atoms with Crippen LogP contribution in [0.2, 0.25) is 0 Å². The summed E-state index contributed by atoms with van der Waals surface area (Å²) in [5.41, 5.74) is 0.806. The van der Waals surface area contributed by atoms with Crippen LogP contribution >= 0.6 is 38.5 Å². The number of benzene rings is 1. The molecule has 0 radical (unpaired) electrons. The van der Waals surface area contributed by atoms with E-state index < -0.39 is 0 Å². The number of carbonyl (C=O) groups excluding carboxylic acids is 1. The molecule has 5 heteroatoms. The Morgan fingerprint density at radius 1 is 1.58 bits per heavy atom. The summed E-state index contributed by atoms with van der Waals surface area (Å²) in [6.45, 7) is 2.73. The van der Waals surface area contributed by atoms with E-state index in [0.29, 0.717) is 5.92 Å². The molecular weight excluding hydrogens is 419 g/mol. The first-order valence-electron chi connectivity index (χ1n) is 6.50. The Bertz CT molecular complexity index is 465. The topological polar surface area (TPSA) is 32.3 Å². The first-order chi connectivity index (χ1) is 9.11. The summed E-state index contributed by atoms with van der Waals surface area (Å²) in [6, 6.07) is 5.87. The molecule has 1 amide bonds. The number of piperidine rings is 1. The van der Waals surface area contributed by atoms with Gasteiger partial charge in [0.2, 0.25) is 0 Å². The molecule has 1 aliphatic heterocycles. The molecule has 0 saturated carbocycles. The molecule has 0 bridgehead atoms. The first kappa shape index (κ1) is 15.3. The van der Waals surface area contributed by atoms with Crippen molar-refractivity contribution in [1.29, 1.82) is 0 Å². The van der Waals surface area contributed by atoms with Crippen molar-refractivity contribution in [3.8, 4) is 0 Å². The van der Waals surface area contributed by atoms with Crippen molar-refractivity contribution in [2.75, 3.05) is 26.7 Å². The van der Waals surface area contributed by atoms with Crippen molar-refractivity contribution in [2.24, 2.45) is 5.92 Å². The number of carbonyl (C=O) groups is 1. The molecule has 1 saturated heterocycles. The molecule has 1 atom stereocenters. The molecule has 1 N–H and O–H groups in total. The summed E-state index contributed by atoms with van der Waals surface area (Å²) in [5.74, 6) is 0.735. The van der Waals surface area contributed by atoms with Crippen LogP contribution in [0.25, 0.3) is 0 Å². The monoisotopic (exact) mass is 436 g/mol. The number of hydrogen-bond acceptors (Lipinski definition) is 2. The molecule has 19 heavy (non-hydrogen) atoms. The van der Waals surface area contributed by atoms with Gasteiger partial charge in [-0.25, -0.2) is 0 Å². The summed E-state index contributed by atoms with van der Waals surface area (Å²) in [4.78, 5) is 14.6. The van der Waals surface area contributed by atoms with E-state index in [4.69, 9.17) is 0 Å². The van der Waals surface area contributed by atoms with Crippen LogP contribution in [0.5, 0.6) is 0 Å². The molecule has 0 spiro atoms. The maximum Gasteiger partial charge on any atom is 0.254 e. The second kappa shape index (κ2) is 7.04. The van der Waals surface area contributed by atoms with Crippen LogP contribution < -0.4 is 5.32 Å². The molecule has 1 aromatic rings. The van der Waals surface area contributed by atoms with Gasteiger partial charge in [0, 0.05) is 21.1 Å². The fraction of sp³-hybridized carbons (Fsp3) is 0.500. The minimum Gasteiger partial charge on any atom is -0.338 e. The van der Waals surface area contributed by atoms with Crippen molar-refractivity contribution in [2.45, 2.75) is 12.8 Å². The van der Waals surface area contributed by atoms with Crippen molar-refractivity contribution in [3.05, 3.63) is 31.8 Å². The third kappa shape index (κ3) is 3.92. The Labute approximate surface area is 136 Å². The van der Waals surface area contributed by atoms with Crippen LogP contribution in [0, 0.1) is 9.49 Å². The van der Waals surface area contributed by atoms with Crippen LogP contribution in [0.3, 0.4) is 0 Å². The number of hydrogen-bond donors (Lipinski definition) is 1. The summed E-state index contributed by atoms with van der Waals surface area (Å²) < 4.78 is 1.97. The number of rotatable bonds is 3. The summed E-state index contributed by atoms with van der Waals surface area (Å²) in [6.07, 6.45) is 2.31. The van der Waals surface area contributed by atoms with E-state index in [1.54, 1.807) is 0 Å². The van der Waals surface area contributed by atoms with Crippen LogP contribution in [-0.4, -0.2) is 37.5 Å². The average Bonchev–Trinajstić information content (AvgIpc) is 2.41. The van der Waals surface area contributed by atoms with Gasteiger partial charge in [0.15, 0.2) is 0 Å². The highest BCUT2D eigenvalue weighted by Crippen LogP contribution is 2.23. The van der Waals surface area contributed by atoms with Crippen molar-refractivity contribution in [1.82, 2.24) is 10.2 Å². The van der Waals surface area contributed by atoms with Crippen LogP contribution in [-0.2, 0) is 0 Å². The van der Waals surface area contributed by atoms with Crippen LogP contribution in [0.4, 0.5) is 0 Å². The zero-order valence-corrected chi connectivity index (χ0v) is 14.7. The normalized spacial score (nSPS) is 19.5. The van der Waals surface area contributed by atoms with Gasteiger partial charge < -0.3 is 10.2 Å². The maximum atomic E-state index is 12.6. The fourth-order valence-electron chi connectivity index (χ4n) is 2.54. The van der Waals surface area contributed by atoms with E-state index in [1.807, 2.05) is 30.1 Å². The molecule has 2 rings (SSSR count). The van der Waals surface area contributed by atoms with Crippen molar-refractivity contribution >= 4 is 44.4 Å². The van der Waals surface area contributed by atoms with Gasteiger partial charge in [-0.1, -0.05) is 15.9 Å². The van der Waals surface area contributed by atoms with Gasteiger partial charge in [0.25, 0.3) is 5.91 Å². The minimum absolute atomic E-state index is 0.159. The highest BCUT2D eigenvalue weighted by molar-refractivity contribution is 14.1. The van der Waals surface area contributed by atoms with E-state index in [-0.39, 0.29) is 5.91 Å². The Kier molecular flexibility index (Phi) is 5.65. The molecule has 1 unspecified atom stereocenters. The standard InChI is InChI=1S/C14H18BrIN2O/c1-17-8-10-3-2-6-18(9-10)14(19)12-7-11(15)4-5-13(12)16/h4-5,7,10,17H,2-3,6,8-9H2,1H3. The Hall–Kier alpha value is -0.140. The van der Waals surface area contributed by atoms with E-state index in [1.165, 1.54) is 6.42 Å². The van der Waals surface area contributed by atoms with Crippen LogP contribution in [0.15, 0.2) is 22.7 Å².